The number of amides is 1. The molecule has 3 rings (SSSR count). The Balaban J connectivity index is 1.73. The Hall–Kier alpha value is -2.30. The highest BCUT2D eigenvalue weighted by molar-refractivity contribution is 7.89. The van der Waals surface area contributed by atoms with Crippen molar-refractivity contribution in [1.29, 1.82) is 0 Å². The summed E-state index contributed by atoms with van der Waals surface area (Å²) in [6.07, 6.45) is 3.55. The number of piperidine rings is 1. The van der Waals surface area contributed by atoms with Gasteiger partial charge in [-0.3, -0.25) is 10.1 Å². The second kappa shape index (κ2) is 9.88. The van der Waals surface area contributed by atoms with Gasteiger partial charge in [-0.25, -0.2) is 18.2 Å². The van der Waals surface area contributed by atoms with E-state index in [1.54, 1.807) is 18.2 Å². The number of rotatable bonds is 7. The molecule has 1 aromatic carbocycles. The van der Waals surface area contributed by atoms with Gasteiger partial charge in [-0.2, -0.15) is 4.31 Å². The number of sulfonamides is 1. The molecule has 0 aliphatic carbocycles. The van der Waals surface area contributed by atoms with Crippen molar-refractivity contribution in [3.63, 3.8) is 0 Å². The lowest BCUT2D eigenvalue weighted by Crippen LogP contribution is -2.43. The average molecular weight is 466 g/mol. The smallest absolute Gasteiger partial charge is 0.350 e. The highest BCUT2D eigenvalue weighted by atomic mass is 32.2. The van der Waals surface area contributed by atoms with Gasteiger partial charge in [0.1, 0.15) is 4.88 Å². The monoisotopic (exact) mass is 465 g/mol. The molecule has 8 nitrogen and oxygen atoms in total. The third kappa shape index (κ3) is 5.13. The number of nitrogens with zero attached hydrogens (tertiary/aromatic N) is 2. The number of nitrogens with one attached hydrogen (secondary N) is 1. The molecule has 1 atom stereocenters. The number of ether oxygens (including phenoxy) is 1. The van der Waals surface area contributed by atoms with Crippen LogP contribution >= 0.6 is 11.3 Å². The first-order valence-corrected chi connectivity index (χ1v) is 12.6. The van der Waals surface area contributed by atoms with Gasteiger partial charge in [-0.15, -0.1) is 0 Å². The number of benzene rings is 1. The van der Waals surface area contributed by atoms with E-state index in [4.69, 9.17) is 4.74 Å². The molecule has 0 radical (unpaired) electrons. The van der Waals surface area contributed by atoms with Gasteiger partial charge in [0.2, 0.25) is 10.0 Å². The molecule has 1 N–H and O–H groups in total. The number of aromatic nitrogens is 1. The van der Waals surface area contributed by atoms with Crippen LogP contribution in [0.3, 0.4) is 0 Å². The van der Waals surface area contributed by atoms with Crippen LogP contribution in [0.4, 0.5) is 5.13 Å². The average Bonchev–Trinajstić information content (AvgIpc) is 3.13. The van der Waals surface area contributed by atoms with E-state index in [1.165, 1.54) is 24.3 Å². The SMILES string of the molecule is CCOC(=O)c1sc(NC(=O)c2ccc(S(=O)(=O)N3CCCCC3CC)cc2)nc1C. The first-order chi connectivity index (χ1) is 14.8. The van der Waals surface area contributed by atoms with Crippen molar-refractivity contribution in [2.75, 3.05) is 18.5 Å². The van der Waals surface area contributed by atoms with Crippen molar-refractivity contribution in [3.05, 3.63) is 40.4 Å². The molecule has 1 aliphatic rings. The molecule has 0 saturated carbocycles. The largest absolute Gasteiger partial charge is 0.462 e. The van der Waals surface area contributed by atoms with Gasteiger partial charge in [0.15, 0.2) is 5.13 Å². The van der Waals surface area contributed by atoms with Gasteiger partial charge < -0.3 is 4.74 Å². The molecule has 168 valence electrons. The fraction of sp³-hybridized carbons (Fsp3) is 0.476. The predicted molar refractivity (Wildman–Crippen MR) is 119 cm³/mol. The quantitative estimate of drug-likeness (QED) is 0.623. The molecule has 1 unspecified atom stereocenters. The van der Waals surface area contributed by atoms with Crippen LogP contribution in [0, 0.1) is 6.92 Å². The molecular weight excluding hydrogens is 438 g/mol. The second-order valence-electron chi connectivity index (χ2n) is 7.31. The minimum absolute atomic E-state index is 0.0171. The van der Waals surface area contributed by atoms with Gasteiger partial charge in [0, 0.05) is 18.2 Å². The Morgan fingerprint density at radius 3 is 2.58 bits per heavy atom. The van der Waals surface area contributed by atoms with E-state index in [-0.39, 0.29) is 22.7 Å². The maximum absolute atomic E-state index is 13.1. The molecular formula is C21H27N3O5S2. The Morgan fingerprint density at radius 2 is 1.94 bits per heavy atom. The van der Waals surface area contributed by atoms with Gasteiger partial charge in [-0.1, -0.05) is 24.7 Å². The maximum atomic E-state index is 13.1. The highest BCUT2D eigenvalue weighted by Crippen LogP contribution is 2.28. The summed E-state index contributed by atoms with van der Waals surface area (Å²) in [5, 5.41) is 2.93. The number of esters is 1. The summed E-state index contributed by atoms with van der Waals surface area (Å²) in [6.45, 7) is 6.16. The van der Waals surface area contributed by atoms with Gasteiger partial charge in [0.25, 0.3) is 5.91 Å². The van der Waals surface area contributed by atoms with E-state index in [9.17, 15) is 18.0 Å². The Labute approximate surface area is 186 Å². The third-order valence-electron chi connectivity index (χ3n) is 5.25. The summed E-state index contributed by atoms with van der Waals surface area (Å²) in [4.78, 5) is 29.2. The molecule has 10 heteroatoms. The Morgan fingerprint density at radius 1 is 1.23 bits per heavy atom. The maximum Gasteiger partial charge on any atom is 0.350 e. The summed E-state index contributed by atoms with van der Waals surface area (Å²) in [5.74, 6) is -0.909. The fourth-order valence-electron chi connectivity index (χ4n) is 3.62. The molecule has 0 bridgehead atoms. The van der Waals surface area contributed by atoms with Crippen LogP contribution in [0.2, 0.25) is 0 Å². The van der Waals surface area contributed by atoms with Crippen LogP contribution in [-0.2, 0) is 14.8 Å². The topological polar surface area (TPSA) is 106 Å². The van der Waals surface area contributed by atoms with E-state index >= 15 is 0 Å². The molecule has 1 aromatic heterocycles. The summed E-state index contributed by atoms with van der Waals surface area (Å²) in [6, 6.07) is 5.91. The zero-order valence-electron chi connectivity index (χ0n) is 17.9. The molecule has 31 heavy (non-hydrogen) atoms. The van der Waals surface area contributed by atoms with Gasteiger partial charge >= 0.3 is 5.97 Å². The molecule has 1 amide bonds. The number of carbonyl (C=O) groups is 2. The molecule has 1 saturated heterocycles. The van der Waals surface area contributed by atoms with Gasteiger partial charge in [-0.05, 0) is 57.4 Å². The molecule has 0 spiro atoms. The lowest BCUT2D eigenvalue weighted by molar-refractivity contribution is 0.0531. The van der Waals surface area contributed by atoms with E-state index in [0.717, 1.165) is 37.0 Å². The number of aryl methyl sites for hydroxylation is 1. The van der Waals surface area contributed by atoms with Crippen LogP contribution in [-0.4, -0.2) is 48.8 Å². The summed E-state index contributed by atoms with van der Waals surface area (Å²) in [7, 11) is -3.60. The first-order valence-electron chi connectivity index (χ1n) is 10.4. The lowest BCUT2D eigenvalue weighted by Gasteiger charge is -2.34. The molecule has 1 fully saturated rings. The zero-order chi connectivity index (χ0) is 22.6. The first kappa shape index (κ1) is 23.4. The second-order valence-corrected chi connectivity index (χ2v) is 10.2. The fourth-order valence-corrected chi connectivity index (χ4v) is 6.24. The number of hydrogen-bond donors (Lipinski definition) is 1. The normalized spacial score (nSPS) is 17.3. The van der Waals surface area contributed by atoms with Crippen molar-refractivity contribution in [3.8, 4) is 0 Å². The van der Waals surface area contributed by atoms with Crippen molar-refractivity contribution < 1.29 is 22.7 Å². The van der Waals surface area contributed by atoms with Crippen LogP contribution in [0.5, 0.6) is 0 Å². The van der Waals surface area contributed by atoms with Crippen molar-refractivity contribution >= 4 is 38.4 Å². The molecule has 2 heterocycles. The summed E-state index contributed by atoms with van der Waals surface area (Å²) < 4.78 is 32.7. The highest BCUT2D eigenvalue weighted by Gasteiger charge is 2.32. The predicted octanol–water partition coefficient (Wildman–Crippen LogP) is 3.83. The van der Waals surface area contributed by atoms with Crippen LogP contribution in [0.25, 0.3) is 0 Å². The number of carbonyl (C=O) groups excluding carboxylic acids is 2. The van der Waals surface area contributed by atoms with Crippen molar-refractivity contribution in [1.82, 2.24) is 9.29 Å². The zero-order valence-corrected chi connectivity index (χ0v) is 19.5. The minimum Gasteiger partial charge on any atom is -0.462 e. The number of hydrogen-bond acceptors (Lipinski definition) is 7. The molecule has 1 aliphatic heterocycles. The van der Waals surface area contributed by atoms with E-state index < -0.39 is 21.9 Å². The Bertz CT molecular complexity index is 1050. The van der Waals surface area contributed by atoms with Crippen molar-refractivity contribution in [2.24, 2.45) is 0 Å². The third-order valence-corrected chi connectivity index (χ3v) is 8.26. The van der Waals surface area contributed by atoms with Crippen LogP contribution in [0.1, 0.15) is 65.3 Å². The van der Waals surface area contributed by atoms with Crippen LogP contribution < -0.4 is 5.32 Å². The lowest BCUT2D eigenvalue weighted by atomic mass is 10.0. The van der Waals surface area contributed by atoms with E-state index in [1.807, 2.05) is 6.92 Å². The standard InChI is InChI=1S/C21H27N3O5S2/c1-4-16-8-6-7-13-24(16)31(27,28)17-11-9-15(10-12-17)19(25)23-21-22-14(3)18(30-21)20(26)29-5-2/h9-12,16H,4-8,13H2,1-3H3,(H,22,23,25). The number of anilines is 1. The number of thiazole rings is 1. The summed E-state index contributed by atoms with van der Waals surface area (Å²) in [5.41, 5.74) is 0.780. The molecule has 2 aromatic rings. The minimum atomic E-state index is -3.60. The van der Waals surface area contributed by atoms with Gasteiger partial charge in [0.05, 0.1) is 17.2 Å². The Kier molecular flexibility index (Phi) is 7.45. The van der Waals surface area contributed by atoms with Crippen LogP contribution in [0.15, 0.2) is 29.2 Å². The summed E-state index contributed by atoms with van der Waals surface area (Å²) >= 11 is 1.04. The van der Waals surface area contributed by atoms with E-state index in [0.29, 0.717) is 22.7 Å². The van der Waals surface area contributed by atoms with Crippen molar-refractivity contribution in [2.45, 2.75) is 57.4 Å². The van der Waals surface area contributed by atoms with E-state index in [2.05, 4.69) is 10.3 Å².